The van der Waals surface area contributed by atoms with E-state index in [1.807, 2.05) is 13.8 Å². The van der Waals surface area contributed by atoms with E-state index in [-0.39, 0.29) is 20.2 Å². The smallest absolute Gasteiger partial charge is 0.408 e. The van der Waals surface area contributed by atoms with Crippen molar-refractivity contribution in [2.75, 3.05) is 0 Å². The summed E-state index contributed by atoms with van der Waals surface area (Å²) in [5.74, 6) is -0.608. The third-order valence-corrected chi connectivity index (χ3v) is 5.84. The van der Waals surface area contributed by atoms with Crippen molar-refractivity contribution in [1.82, 2.24) is 5.32 Å². The quantitative estimate of drug-likeness (QED) is 0.667. The van der Waals surface area contributed by atoms with Gasteiger partial charge in [0.25, 0.3) is 0 Å². The summed E-state index contributed by atoms with van der Waals surface area (Å²) in [5.41, 5.74) is -0.698. The molecular weight excluding hydrogens is 407 g/mol. The Hall–Kier alpha value is -0.830. The summed E-state index contributed by atoms with van der Waals surface area (Å²) in [6.07, 6.45) is -0.402. The van der Waals surface area contributed by atoms with Crippen molar-refractivity contribution in [3.63, 3.8) is 0 Å². The fourth-order valence-corrected chi connectivity index (χ4v) is 4.23. The van der Waals surface area contributed by atoms with Crippen LogP contribution in [0.1, 0.15) is 41.0 Å². The first kappa shape index (κ1) is 22.2. The largest absolute Gasteiger partial charge is 0.444 e. The molecule has 1 aromatic rings. The lowest BCUT2D eigenvalue weighted by atomic mass is 10.0. The Labute approximate surface area is 163 Å². The van der Waals surface area contributed by atoms with E-state index in [4.69, 9.17) is 27.9 Å². The van der Waals surface area contributed by atoms with Gasteiger partial charge in [0.1, 0.15) is 16.0 Å². The summed E-state index contributed by atoms with van der Waals surface area (Å²) in [5, 5.41) is 4.08. The highest BCUT2D eigenvalue weighted by Crippen LogP contribution is 2.33. The first-order chi connectivity index (χ1) is 11.4. The minimum atomic E-state index is -2.00. The van der Waals surface area contributed by atoms with Gasteiger partial charge in [-0.05, 0) is 38.5 Å². The van der Waals surface area contributed by atoms with E-state index in [0.717, 1.165) is 11.3 Å². The molecule has 0 spiro atoms. The van der Waals surface area contributed by atoms with Crippen LogP contribution in [0.25, 0.3) is 0 Å². The van der Waals surface area contributed by atoms with E-state index in [0.29, 0.717) is 6.42 Å². The van der Waals surface area contributed by atoms with Crippen LogP contribution < -0.4 is 5.32 Å². The average Bonchev–Trinajstić information content (AvgIpc) is 2.75. The van der Waals surface area contributed by atoms with Gasteiger partial charge in [-0.15, -0.1) is 11.3 Å². The summed E-state index contributed by atoms with van der Waals surface area (Å²) in [6, 6.07) is -0.938. The maximum Gasteiger partial charge on any atom is 0.408 e. The zero-order valence-corrected chi connectivity index (χ0v) is 17.7. The molecule has 0 fully saturated rings. The molecule has 1 heterocycles. The lowest BCUT2D eigenvalue weighted by Crippen LogP contribution is -2.43. The van der Waals surface area contributed by atoms with Crippen molar-refractivity contribution in [1.29, 1.82) is 0 Å². The first-order valence-corrected chi connectivity index (χ1v) is 10.2. The van der Waals surface area contributed by atoms with Gasteiger partial charge >= 0.3 is 6.09 Å². The number of ether oxygens (including phenoxy) is 1. The molecule has 0 aliphatic heterocycles. The number of carbonyl (C=O) groups excluding carboxylic acids is 2. The number of nitrogens with zero attached hydrogens (tertiary/aromatic N) is 1. The molecule has 1 atom stereocenters. The number of hydrogen-bond donors (Lipinski definition) is 1. The zero-order valence-electron chi connectivity index (χ0n) is 14.6. The molecule has 10 heteroatoms. The van der Waals surface area contributed by atoms with Crippen LogP contribution in [0.4, 0.5) is 4.79 Å². The minimum absolute atomic E-state index is 0.103. The van der Waals surface area contributed by atoms with E-state index >= 15 is 0 Å². The van der Waals surface area contributed by atoms with Gasteiger partial charge in [-0.3, -0.25) is 4.79 Å². The molecule has 142 valence electrons. The van der Waals surface area contributed by atoms with Gasteiger partial charge < -0.3 is 18.6 Å². The summed E-state index contributed by atoms with van der Waals surface area (Å²) in [6.45, 7) is 8.93. The molecule has 0 bridgehead atoms. The van der Waals surface area contributed by atoms with Crippen LogP contribution >= 0.6 is 34.5 Å². The Morgan fingerprint density at radius 3 is 2.40 bits per heavy atom. The second-order valence-electron chi connectivity index (χ2n) is 6.69. The Morgan fingerprint density at radius 1 is 1.36 bits per heavy atom. The molecule has 1 aromatic heterocycles. The predicted molar refractivity (Wildman–Crippen MR) is 101 cm³/mol. The van der Waals surface area contributed by atoms with Crippen molar-refractivity contribution < 1.29 is 18.5 Å². The van der Waals surface area contributed by atoms with Gasteiger partial charge in [0.15, 0.2) is 0 Å². The highest BCUT2D eigenvalue weighted by atomic mass is 35.5. The molecule has 0 radical (unpaired) electrons. The molecule has 1 N–H and O–H groups in total. The van der Waals surface area contributed by atoms with Gasteiger partial charge in [-0.1, -0.05) is 41.9 Å². The minimum Gasteiger partial charge on any atom is -0.444 e. The van der Waals surface area contributed by atoms with E-state index < -0.39 is 34.2 Å². The van der Waals surface area contributed by atoms with E-state index in [1.165, 1.54) is 5.38 Å². The number of rotatable bonds is 5. The highest BCUT2D eigenvalue weighted by Gasteiger charge is 2.24. The van der Waals surface area contributed by atoms with Crippen molar-refractivity contribution in [3.8, 4) is 0 Å². The third-order valence-electron chi connectivity index (χ3n) is 2.72. The predicted octanol–water partition coefficient (Wildman–Crippen LogP) is 5.03. The molecule has 0 unspecified atom stereocenters. The van der Waals surface area contributed by atoms with Crippen molar-refractivity contribution in [2.24, 2.45) is 10.3 Å². The molecule has 2 amide bonds. The van der Waals surface area contributed by atoms with Crippen molar-refractivity contribution >= 4 is 57.1 Å². The molecule has 0 aliphatic rings. The average molecular weight is 428 g/mol. The monoisotopic (exact) mass is 427 g/mol. The van der Waals surface area contributed by atoms with E-state index in [2.05, 4.69) is 9.68 Å². The molecule has 0 aliphatic carbocycles. The number of halogens is 2. The highest BCUT2D eigenvalue weighted by molar-refractivity contribution is 7.75. The topological polar surface area (TPSA) is 84.8 Å². The normalized spacial score (nSPS) is 14.4. The van der Waals surface area contributed by atoms with Crippen LogP contribution in [-0.4, -0.2) is 23.6 Å². The summed E-state index contributed by atoms with van der Waals surface area (Å²) < 4.78 is 21.3. The van der Waals surface area contributed by atoms with Crippen LogP contribution in [0.5, 0.6) is 0 Å². The Morgan fingerprint density at radius 2 is 1.96 bits per heavy atom. The Balaban J connectivity index is 2.96. The number of amides is 2. The fraction of sp³-hybridized carbons (Fsp3) is 0.600. The van der Waals surface area contributed by atoms with Crippen LogP contribution in [0.2, 0.25) is 9.36 Å². The molecular formula is C15H21Cl2N2O4S2-. The van der Waals surface area contributed by atoms with Gasteiger partial charge in [0.05, 0.1) is 5.02 Å². The summed E-state index contributed by atoms with van der Waals surface area (Å²) >= 11 is 12.9. The number of thiophene rings is 1. The molecule has 0 saturated heterocycles. The number of hydrogen-bond acceptors (Lipinski definition) is 6. The fourth-order valence-electron chi connectivity index (χ4n) is 1.76. The van der Waals surface area contributed by atoms with Gasteiger partial charge in [0.2, 0.25) is 5.91 Å². The van der Waals surface area contributed by atoms with Gasteiger partial charge in [-0.2, -0.15) is 10.6 Å². The Bertz CT molecular complexity index is 720. The molecule has 1 rings (SSSR count). The number of carbonyl (C=O) groups is 2. The zero-order chi connectivity index (χ0) is 19.4. The lowest BCUT2D eigenvalue weighted by Gasteiger charge is -2.23. The maximum atomic E-state index is 12.4. The van der Waals surface area contributed by atoms with Gasteiger partial charge in [-0.25, -0.2) is 4.79 Å². The van der Waals surface area contributed by atoms with Gasteiger partial charge in [0, 0.05) is 0 Å². The summed E-state index contributed by atoms with van der Waals surface area (Å²) in [7, 11) is -2.00. The molecule has 25 heavy (non-hydrogen) atoms. The van der Waals surface area contributed by atoms with Crippen LogP contribution in [0.3, 0.4) is 0 Å². The van der Waals surface area contributed by atoms with Crippen molar-refractivity contribution in [2.45, 2.75) is 57.6 Å². The molecule has 0 saturated carbocycles. The lowest BCUT2D eigenvalue weighted by molar-refractivity contribution is -0.120. The first-order valence-electron chi connectivity index (χ1n) is 7.50. The van der Waals surface area contributed by atoms with E-state index in [1.54, 1.807) is 20.8 Å². The SMILES string of the molecule is CC(C)C[C@H](NC(=O)OC(C)(C)C)C(=O)N=[S-](=O)c1csc(Cl)c1Cl. The number of nitrogens with one attached hydrogen (secondary N) is 1. The van der Waals surface area contributed by atoms with E-state index in [9.17, 15) is 13.8 Å². The standard InChI is InChI=1S/C15H21Cl2N2O4S2/c1-8(2)6-9(18-14(21)23-15(3,4)5)13(20)19-25(22)10-7-24-12(17)11(10)16/h7-9H,6H2,1-5H3,(H,18,21)/q-1/t9-/m0/s1. The second-order valence-corrected chi connectivity index (χ2v) is 9.68. The summed E-state index contributed by atoms with van der Waals surface area (Å²) in [4.78, 5) is 24.5. The third kappa shape index (κ3) is 7.52. The maximum absolute atomic E-state index is 12.4. The number of alkyl carbamates (subject to hydrolysis) is 1. The van der Waals surface area contributed by atoms with Crippen molar-refractivity contribution in [3.05, 3.63) is 14.7 Å². The van der Waals surface area contributed by atoms with Crippen LogP contribution in [-0.2, 0) is 24.3 Å². The molecule has 6 nitrogen and oxygen atoms in total. The second kappa shape index (κ2) is 9.21. The van der Waals surface area contributed by atoms with Crippen LogP contribution in [0.15, 0.2) is 14.6 Å². The molecule has 0 aromatic carbocycles. The Kier molecular flexibility index (Phi) is 8.18. The van der Waals surface area contributed by atoms with Crippen LogP contribution in [0, 0.1) is 5.92 Å².